The number of halogens is 1. The first-order valence-corrected chi connectivity index (χ1v) is 13.5. The van der Waals surface area contributed by atoms with Gasteiger partial charge in [-0.1, -0.05) is 58.4 Å². The Kier molecular flexibility index (Phi) is 6.46. The first-order valence-electron chi connectivity index (χ1n) is 10.4. The summed E-state index contributed by atoms with van der Waals surface area (Å²) in [6, 6.07) is 26.3. The number of aliphatic imine (C=N–C) groups is 1. The van der Waals surface area contributed by atoms with Crippen LogP contribution in [0, 0.1) is 0 Å². The molecule has 1 aliphatic rings. The van der Waals surface area contributed by atoms with Crippen LogP contribution in [-0.4, -0.2) is 19.5 Å². The molecule has 0 spiro atoms. The van der Waals surface area contributed by atoms with E-state index in [1.54, 1.807) is 42.5 Å². The first kappa shape index (κ1) is 23.3. The zero-order valence-corrected chi connectivity index (χ0v) is 21.2. The first-order chi connectivity index (χ1) is 16.9. The Morgan fingerprint density at radius 3 is 2.34 bits per heavy atom. The number of carbonyl (C=O) groups is 1. The van der Waals surface area contributed by atoms with Gasteiger partial charge in [0.2, 0.25) is 0 Å². The van der Waals surface area contributed by atoms with E-state index in [1.807, 2.05) is 48.5 Å². The van der Waals surface area contributed by atoms with Crippen LogP contribution in [0.1, 0.15) is 5.56 Å². The summed E-state index contributed by atoms with van der Waals surface area (Å²) in [7, 11) is -3.99. The van der Waals surface area contributed by atoms with E-state index in [2.05, 4.69) is 26.2 Å². The number of amides is 1. The molecule has 0 atom stereocenters. The van der Waals surface area contributed by atoms with E-state index in [4.69, 9.17) is 4.18 Å². The molecule has 0 bridgehead atoms. The van der Waals surface area contributed by atoms with Gasteiger partial charge < -0.3 is 9.50 Å². The fourth-order valence-electron chi connectivity index (χ4n) is 3.38. The summed E-state index contributed by atoms with van der Waals surface area (Å²) in [5.74, 6) is -0.0635. The van der Waals surface area contributed by atoms with Crippen LogP contribution in [0.5, 0.6) is 5.75 Å². The van der Waals surface area contributed by atoms with Crippen LogP contribution in [0.25, 0.3) is 16.8 Å². The summed E-state index contributed by atoms with van der Waals surface area (Å²) in [6.45, 7) is 0. The van der Waals surface area contributed by atoms with Crippen LogP contribution < -0.4 is 9.50 Å². The standard InChI is InChI=1S/C26H17BrN2O4S2/c27-20-8-10-21(11-9-20)28-26-29-25(30)24(34-26)15-17-5-12-22(13-6-17)33-35(31,32)23-14-7-18-3-1-2-4-19(18)16-23/h1-16H,(H,28,29,30)/b24-15-. The van der Waals surface area contributed by atoms with Gasteiger partial charge in [-0.3, -0.25) is 4.79 Å². The average molecular weight is 565 g/mol. The Morgan fingerprint density at radius 2 is 1.60 bits per heavy atom. The van der Waals surface area contributed by atoms with Gasteiger partial charge >= 0.3 is 10.1 Å². The number of hydrogen-bond acceptors (Lipinski definition) is 6. The Bertz CT molecular complexity index is 1600. The highest BCUT2D eigenvalue weighted by Crippen LogP contribution is 2.29. The summed E-state index contributed by atoms with van der Waals surface area (Å²) in [5, 5.41) is 5.00. The lowest BCUT2D eigenvalue weighted by Crippen LogP contribution is -2.19. The Hall–Kier alpha value is -3.40. The van der Waals surface area contributed by atoms with Gasteiger partial charge in [-0.05, 0) is 82.7 Å². The zero-order chi connectivity index (χ0) is 24.4. The zero-order valence-electron chi connectivity index (χ0n) is 18.0. The van der Waals surface area contributed by atoms with E-state index in [-0.39, 0.29) is 16.6 Å². The predicted octanol–water partition coefficient (Wildman–Crippen LogP) is 6.26. The molecule has 0 unspecified atom stereocenters. The molecule has 1 fully saturated rings. The SMILES string of the molecule is O=C1NC(=Nc2ccc(Br)cc2)S/C1=C\c1ccc(OS(=O)(=O)c2ccc3ccccc3c2)cc1. The number of fused-ring (bicyclic) bond motifs is 1. The van der Waals surface area contributed by atoms with Crippen molar-refractivity contribution in [1.82, 2.24) is 5.32 Å². The van der Waals surface area contributed by atoms with Crippen molar-refractivity contribution in [1.29, 1.82) is 0 Å². The number of amidine groups is 1. The van der Waals surface area contributed by atoms with Crippen molar-refractivity contribution >= 4 is 71.4 Å². The quantitative estimate of drug-likeness (QED) is 0.228. The Labute approximate surface area is 215 Å². The predicted molar refractivity (Wildman–Crippen MR) is 143 cm³/mol. The van der Waals surface area contributed by atoms with E-state index in [0.29, 0.717) is 10.1 Å². The van der Waals surface area contributed by atoms with Crippen molar-refractivity contribution in [2.24, 2.45) is 4.99 Å². The summed E-state index contributed by atoms with van der Waals surface area (Å²) >= 11 is 4.62. The molecular formula is C26H17BrN2O4S2. The van der Waals surface area contributed by atoms with Crippen LogP contribution in [-0.2, 0) is 14.9 Å². The van der Waals surface area contributed by atoms with E-state index in [0.717, 1.165) is 26.5 Å². The van der Waals surface area contributed by atoms with Crippen LogP contribution in [0.2, 0.25) is 0 Å². The second-order valence-electron chi connectivity index (χ2n) is 7.57. The normalized spacial score (nSPS) is 16.1. The lowest BCUT2D eigenvalue weighted by Gasteiger charge is -2.08. The van der Waals surface area contributed by atoms with Gasteiger partial charge in [0.05, 0.1) is 10.6 Å². The molecule has 0 aliphatic carbocycles. The second-order valence-corrected chi connectivity index (χ2v) is 11.1. The molecular weight excluding hydrogens is 548 g/mol. The maximum atomic E-state index is 12.8. The number of thioether (sulfide) groups is 1. The molecule has 0 radical (unpaired) electrons. The summed E-state index contributed by atoms with van der Waals surface area (Å²) in [5.41, 5.74) is 1.45. The van der Waals surface area contributed by atoms with Crippen molar-refractivity contribution in [3.63, 3.8) is 0 Å². The molecule has 9 heteroatoms. The van der Waals surface area contributed by atoms with E-state index in [1.165, 1.54) is 17.8 Å². The Morgan fingerprint density at radius 1 is 0.886 bits per heavy atom. The smallest absolute Gasteiger partial charge is 0.339 e. The molecule has 1 aliphatic heterocycles. The summed E-state index contributed by atoms with van der Waals surface area (Å²) in [6.07, 6.45) is 1.71. The fraction of sp³-hybridized carbons (Fsp3) is 0. The van der Waals surface area contributed by atoms with Gasteiger partial charge in [0, 0.05) is 4.47 Å². The topological polar surface area (TPSA) is 84.8 Å². The maximum absolute atomic E-state index is 12.8. The highest BCUT2D eigenvalue weighted by atomic mass is 79.9. The van der Waals surface area contributed by atoms with Crippen LogP contribution in [0.4, 0.5) is 5.69 Å². The third-order valence-corrected chi connectivity index (χ3v) is 7.78. The highest BCUT2D eigenvalue weighted by Gasteiger charge is 2.24. The molecule has 1 amide bonds. The number of carbonyl (C=O) groups excluding carboxylic acids is 1. The van der Waals surface area contributed by atoms with Crippen LogP contribution in [0.15, 0.2) is 110 Å². The fourth-order valence-corrected chi connectivity index (χ4v) is 5.45. The van der Waals surface area contributed by atoms with Gasteiger partial charge in [0.25, 0.3) is 5.91 Å². The third kappa shape index (κ3) is 5.48. The van der Waals surface area contributed by atoms with Crippen molar-refractivity contribution in [3.05, 3.63) is 106 Å². The Balaban J connectivity index is 1.30. The number of hydrogen-bond donors (Lipinski definition) is 1. The minimum atomic E-state index is -3.99. The summed E-state index contributed by atoms with van der Waals surface area (Å²) in [4.78, 5) is 17.4. The van der Waals surface area contributed by atoms with Gasteiger partial charge in [-0.25, -0.2) is 4.99 Å². The minimum absolute atomic E-state index is 0.0824. The molecule has 174 valence electrons. The van der Waals surface area contributed by atoms with Gasteiger partial charge in [0.1, 0.15) is 10.6 Å². The van der Waals surface area contributed by atoms with Crippen LogP contribution >= 0.6 is 27.7 Å². The molecule has 6 nitrogen and oxygen atoms in total. The van der Waals surface area contributed by atoms with Crippen molar-refractivity contribution in [3.8, 4) is 5.75 Å². The molecule has 4 aromatic carbocycles. The summed E-state index contributed by atoms with van der Waals surface area (Å²) < 4.78 is 31.8. The van der Waals surface area contributed by atoms with Crippen LogP contribution in [0.3, 0.4) is 0 Å². The molecule has 0 aromatic heterocycles. The minimum Gasteiger partial charge on any atom is -0.379 e. The molecule has 1 saturated heterocycles. The largest absolute Gasteiger partial charge is 0.379 e. The van der Waals surface area contributed by atoms with Crippen molar-refractivity contribution < 1.29 is 17.4 Å². The molecule has 1 N–H and O–H groups in total. The van der Waals surface area contributed by atoms with Gasteiger partial charge in [-0.2, -0.15) is 8.42 Å². The lowest BCUT2D eigenvalue weighted by molar-refractivity contribution is -0.115. The molecule has 5 rings (SSSR count). The number of nitrogens with zero attached hydrogens (tertiary/aromatic N) is 1. The molecule has 1 heterocycles. The van der Waals surface area contributed by atoms with Gasteiger partial charge in [0.15, 0.2) is 5.17 Å². The third-order valence-electron chi connectivity index (χ3n) is 5.10. The average Bonchev–Trinajstić information content (AvgIpc) is 3.19. The lowest BCUT2D eigenvalue weighted by atomic mass is 10.1. The number of nitrogens with one attached hydrogen (secondary N) is 1. The number of rotatable bonds is 5. The maximum Gasteiger partial charge on any atom is 0.339 e. The molecule has 4 aromatic rings. The van der Waals surface area contributed by atoms with Crippen molar-refractivity contribution in [2.75, 3.05) is 0 Å². The second kappa shape index (κ2) is 9.69. The molecule has 35 heavy (non-hydrogen) atoms. The molecule has 0 saturated carbocycles. The van der Waals surface area contributed by atoms with E-state index in [9.17, 15) is 13.2 Å². The number of benzene rings is 4. The van der Waals surface area contributed by atoms with Gasteiger partial charge in [-0.15, -0.1) is 0 Å². The van der Waals surface area contributed by atoms with E-state index >= 15 is 0 Å². The monoisotopic (exact) mass is 564 g/mol. The van der Waals surface area contributed by atoms with E-state index < -0.39 is 10.1 Å². The van der Waals surface area contributed by atoms with Crippen molar-refractivity contribution in [2.45, 2.75) is 4.90 Å². The highest BCUT2D eigenvalue weighted by molar-refractivity contribution is 9.10.